The second-order valence-electron chi connectivity index (χ2n) is 6.17. The number of hydrogen-bond donors (Lipinski definition) is 2. The Morgan fingerprint density at radius 2 is 2.04 bits per heavy atom. The first-order chi connectivity index (χ1) is 12.4. The molecule has 1 amide bonds. The molecule has 3 aromatic rings. The number of aromatic nitrogens is 1. The topological polar surface area (TPSA) is 77.2 Å². The fourth-order valence-corrected chi connectivity index (χ4v) is 3.08. The molecular weight excluding hydrogens is 346 g/mol. The lowest BCUT2D eigenvalue weighted by Gasteiger charge is -2.16. The van der Waals surface area contributed by atoms with Gasteiger partial charge in [0.2, 0.25) is 0 Å². The van der Waals surface area contributed by atoms with E-state index in [-0.39, 0.29) is 5.91 Å². The molecule has 0 aliphatic rings. The van der Waals surface area contributed by atoms with Gasteiger partial charge in [-0.15, -0.1) is 11.3 Å². The number of nitrogens with two attached hydrogens (primary N) is 1. The number of thiazole rings is 1. The standard InChI is InChI=1S/C20H21N3O2S/c1-12-7-8-13(2)17(9-12)22-19(24)14(3)25-16-6-4-5-15(10-16)18-11-26-20(21)23-18/h4-11,14H,1-3H3,(H2,21,23)(H,22,24). The van der Waals surface area contributed by atoms with Crippen molar-refractivity contribution < 1.29 is 9.53 Å². The van der Waals surface area contributed by atoms with Crippen LogP contribution in [0.3, 0.4) is 0 Å². The number of anilines is 2. The highest BCUT2D eigenvalue weighted by atomic mass is 32.1. The van der Waals surface area contributed by atoms with Crippen molar-refractivity contribution in [2.75, 3.05) is 11.1 Å². The van der Waals surface area contributed by atoms with E-state index in [4.69, 9.17) is 10.5 Å². The Morgan fingerprint density at radius 1 is 1.23 bits per heavy atom. The third kappa shape index (κ3) is 4.21. The minimum Gasteiger partial charge on any atom is -0.481 e. The van der Waals surface area contributed by atoms with Crippen molar-refractivity contribution in [1.29, 1.82) is 0 Å². The molecule has 1 atom stereocenters. The molecule has 5 nitrogen and oxygen atoms in total. The van der Waals surface area contributed by atoms with Crippen LogP contribution in [0.5, 0.6) is 5.75 Å². The van der Waals surface area contributed by atoms with Gasteiger partial charge in [-0.3, -0.25) is 4.79 Å². The summed E-state index contributed by atoms with van der Waals surface area (Å²) in [6, 6.07) is 13.4. The molecule has 134 valence electrons. The Bertz CT molecular complexity index is 936. The summed E-state index contributed by atoms with van der Waals surface area (Å²) in [4.78, 5) is 16.7. The van der Waals surface area contributed by atoms with Gasteiger partial charge in [-0.1, -0.05) is 24.3 Å². The molecule has 2 aromatic carbocycles. The molecule has 6 heteroatoms. The van der Waals surface area contributed by atoms with Crippen LogP contribution in [-0.4, -0.2) is 17.0 Å². The molecule has 0 saturated heterocycles. The summed E-state index contributed by atoms with van der Waals surface area (Å²) in [5.74, 6) is 0.416. The lowest BCUT2D eigenvalue weighted by Crippen LogP contribution is -2.30. The summed E-state index contributed by atoms with van der Waals surface area (Å²) in [5.41, 5.74) is 10.3. The molecule has 1 heterocycles. The van der Waals surface area contributed by atoms with E-state index in [1.165, 1.54) is 11.3 Å². The minimum absolute atomic E-state index is 0.193. The number of benzene rings is 2. The van der Waals surface area contributed by atoms with Gasteiger partial charge in [0.15, 0.2) is 11.2 Å². The van der Waals surface area contributed by atoms with Gasteiger partial charge >= 0.3 is 0 Å². The number of amides is 1. The molecule has 26 heavy (non-hydrogen) atoms. The summed E-state index contributed by atoms with van der Waals surface area (Å²) >= 11 is 1.39. The molecule has 0 saturated carbocycles. The first-order valence-corrected chi connectivity index (χ1v) is 9.16. The van der Waals surface area contributed by atoms with Crippen molar-refractivity contribution in [3.63, 3.8) is 0 Å². The average molecular weight is 367 g/mol. The summed E-state index contributed by atoms with van der Waals surface area (Å²) < 4.78 is 5.82. The van der Waals surface area contributed by atoms with E-state index in [2.05, 4.69) is 10.3 Å². The van der Waals surface area contributed by atoms with Gasteiger partial charge in [0.25, 0.3) is 5.91 Å². The Kier molecular flexibility index (Phi) is 5.23. The van der Waals surface area contributed by atoms with Crippen LogP contribution < -0.4 is 15.8 Å². The molecule has 0 aliphatic carbocycles. The molecule has 3 rings (SSSR count). The number of ether oxygens (including phenoxy) is 1. The monoisotopic (exact) mass is 367 g/mol. The lowest BCUT2D eigenvalue weighted by molar-refractivity contribution is -0.122. The van der Waals surface area contributed by atoms with Crippen LogP contribution in [0.2, 0.25) is 0 Å². The molecule has 0 aliphatic heterocycles. The second-order valence-corrected chi connectivity index (χ2v) is 7.06. The van der Waals surface area contributed by atoms with Gasteiger partial charge in [-0.25, -0.2) is 4.98 Å². The van der Waals surface area contributed by atoms with Crippen LogP contribution in [0.1, 0.15) is 18.1 Å². The predicted molar refractivity (Wildman–Crippen MR) is 107 cm³/mol. The van der Waals surface area contributed by atoms with Crippen molar-refractivity contribution in [1.82, 2.24) is 4.98 Å². The van der Waals surface area contributed by atoms with Crippen molar-refractivity contribution in [3.8, 4) is 17.0 Å². The fourth-order valence-electron chi connectivity index (χ4n) is 2.51. The Morgan fingerprint density at radius 3 is 2.77 bits per heavy atom. The molecule has 0 bridgehead atoms. The number of hydrogen-bond acceptors (Lipinski definition) is 5. The number of nitrogens with zero attached hydrogens (tertiary/aromatic N) is 1. The van der Waals surface area contributed by atoms with Crippen LogP contribution in [0.25, 0.3) is 11.3 Å². The number of nitrogens with one attached hydrogen (secondary N) is 1. The van der Waals surface area contributed by atoms with Crippen LogP contribution >= 0.6 is 11.3 Å². The SMILES string of the molecule is Cc1ccc(C)c(NC(=O)C(C)Oc2cccc(-c3csc(N)n3)c2)c1. The van der Waals surface area contributed by atoms with E-state index in [0.29, 0.717) is 10.9 Å². The smallest absolute Gasteiger partial charge is 0.265 e. The van der Waals surface area contributed by atoms with E-state index < -0.39 is 6.10 Å². The van der Waals surface area contributed by atoms with Gasteiger partial charge < -0.3 is 15.8 Å². The predicted octanol–water partition coefficient (Wildman–Crippen LogP) is 4.42. The molecule has 0 fully saturated rings. The zero-order chi connectivity index (χ0) is 18.7. The van der Waals surface area contributed by atoms with Gasteiger partial charge in [-0.05, 0) is 50.1 Å². The number of aryl methyl sites for hydroxylation is 2. The van der Waals surface area contributed by atoms with E-state index in [1.54, 1.807) is 6.92 Å². The second kappa shape index (κ2) is 7.58. The van der Waals surface area contributed by atoms with Crippen LogP contribution in [0.15, 0.2) is 47.8 Å². The van der Waals surface area contributed by atoms with Gasteiger partial charge in [0.1, 0.15) is 5.75 Å². The highest BCUT2D eigenvalue weighted by Crippen LogP contribution is 2.27. The molecule has 1 unspecified atom stereocenters. The summed E-state index contributed by atoms with van der Waals surface area (Å²) in [6.45, 7) is 5.68. The largest absolute Gasteiger partial charge is 0.481 e. The van der Waals surface area contributed by atoms with Gasteiger partial charge in [-0.2, -0.15) is 0 Å². The maximum absolute atomic E-state index is 12.5. The van der Waals surface area contributed by atoms with Crippen molar-refractivity contribution in [2.45, 2.75) is 26.9 Å². The third-order valence-corrected chi connectivity index (χ3v) is 4.66. The van der Waals surface area contributed by atoms with E-state index >= 15 is 0 Å². The first kappa shape index (κ1) is 17.9. The highest BCUT2D eigenvalue weighted by molar-refractivity contribution is 7.13. The maximum atomic E-state index is 12.5. The number of carbonyl (C=O) groups is 1. The van der Waals surface area contributed by atoms with Gasteiger partial charge in [0.05, 0.1) is 5.69 Å². The summed E-state index contributed by atoms with van der Waals surface area (Å²) in [6.07, 6.45) is -0.634. The highest BCUT2D eigenvalue weighted by Gasteiger charge is 2.16. The van der Waals surface area contributed by atoms with Gasteiger partial charge in [0, 0.05) is 16.6 Å². The van der Waals surface area contributed by atoms with E-state index in [0.717, 1.165) is 28.1 Å². The maximum Gasteiger partial charge on any atom is 0.265 e. The molecule has 0 spiro atoms. The van der Waals surface area contributed by atoms with E-state index in [9.17, 15) is 4.79 Å². The zero-order valence-corrected chi connectivity index (χ0v) is 15.8. The zero-order valence-electron chi connectivity index (χ0n) is 14.9. The Labute approximate surface area is 156 Å². The minimum atomic E-state index is -0.634. The van der Waals surface area contributed by atoms with Crippen LogP contribution in [-0.2, 0) is 4.79 Å². The van der Waals surface area contributed by atoms with Crippen molar-refractivity contribution in [2.24, 2.45) is 0 Å². The molecule has 0 radical (unpaired) electrons. The fraction of sp³-hybridized carbons (Fsp3) is 0.200. The summed E-state index contributed by atoms with van der Waals surface area (Å²) in [7, 11) is 0. The quantitative estimate of drug-likeness (QED) is 0.700. The lowest BCUT2D eigenvalue weighted by atomic mass is 10.1. The Hall–Kier alpha value is -2.86. The average Bonchev–Trinajstić information content (AvgIpc) is 3.05. The number of carbonyl (C=O) groups excluding carboxylic acids is 1. The third-order valence-electron chi connectivity index (χ3n) is 3.98. The van der Waals surface area contributed by atoms with Crippen molar-refractivity contribution >= 4 is 28.1 Å². The normalized spacial score (nSPS) is 11.8. The Balaban J connectivity index is 1.70. The van der Waals surface area contributed by atoms with Crippen LogP contribution in [0.4, 0.5) is 10.8 Å². The first-order valence-electron chi connectivity index (χ1n) is 8.28. The molecule has 3 N–H and O–H groups in total. The number of rotatable bonds is 5. The summed E-state index contributed by atoms with van der Waals surface area (Å²) in [5, 5.41) is 5.34. The molecule has 1 aromatic heterocycles. The van der Waals surface area contributed by atoms with E-state index in [1.807, 2.05) is 61.7 Å². The van der Waals surface area contributed by atoms with Crippen molar-refractivity contribution in [3.05, 3.63) is 59.0 Å². The molecular formula is C20H21N3O2S. The van der Waals surface area contributed by atoms with Crippen LogP contribution in [0, 0.1) is 13.8 Å². The number of nitrogen functional groups attached to an aromatic ring is 1.